The van der Waals surface area contributed by atoms with Crippen LogP contribution in [0, 0.1) is 5.92 Å². The van der Waals surface area contributed by atoms with E-state index in [1.54, 1.807) is 12.1 Å². The fourth-order valence-corrected chi connectivity index (χ4v) is 3.48. The van der Waals surface area contributed by atoms with Crippen LogP contribution in [0.25, 0.3) is 0 Å². The number of halogens is 2. The molecular formula is C23H26Cl2N2O5. The largest absolute Gasteiger partial charge is 0.480 e. The van der Waals surface area contributed by atoms with Crippen LogP contribution in [0.3, 0.4) is 0 Å². The van der Waals surface area contributed by atoms with Crippen LogP contribution in [0.4, 0.5) is 4.79 Å². The molecule has 0 radical (unpaired) electrons. The maximum absolute atomic E-state index is 12.8. The minimum absolute atomic E-state index is 0.0378. The highest BCUT2D eigenvalue weighted by Crippen LogP contribution is 2.22. The second-order valence-electron chi connectivity index (χ2n) is 7.73. The van der Waals surface area contributed by atoms with E-state index in [1.807, 2.05) is 44.2 Å². The fourth-order valence-electron chi connectivity index (χ4n) is 2.99. The summed E-state index contributed by atoms with van der Waals surface area (Å²) in [6.45, 7) is 3.83. The number of carboxylic acid groups (broad SMARTS) is 1. The summed E-state index contributed by atoms with van der Waals surface area (Å²) >= 11 is 12.0. The van der Waals surface area contributed by atoms with Crippen LogP contribution < -0.4 is 10.6 Å². The number of hydrogen-bond donors (Lipinski definition) is 3. The summed E-state index contributed by atoms with van der Waals surface area (Å²) in [5.74, 6) is -1.78. The Balaban J connectivity index is 2.03. The van der Waals surface area contributed by atoms with E-state index in [2.05, 4.69) is 10.6 Å². The third-order valence-electron chi connectivity index (χ3n) is 4.58. The standard InChI is InChI=1S/C23H26Cl2N2O5/c1-14(2)10-19(27-23(31)32-13-15-6-4-3-5-7-15)21(28)26-20(22(29)30)11-16-8-9-17(24)12-18(16)25/h3-9,12,14,19-20H,10-11,13H2,1-2H3,(H,26,28)(H,27,31)(H,29,30)/t19-,20+/m0/s1. The number of rotatable bonds is 10. The molecule has 0 aliphatic carbocycles. The van der Waals surface area contributed by atoms with E-state index in [-0.39, 0.29) is 18.9 Å². The molecule has 0 heterocycles. The predicted octanol–water partition coefficient (Wildman–Crippen LogP) is 4.45. The summed E-state index contributed by atoms with van der Waals surface area (Å²) in [5, 5.41) is 15.3. The molecule has 7 nitrogen and oxygen atoms in total. The van der Waals surface area contributed by atoms with Gasteiger partial charge in [-0.25, -0.2) is 9.59 Å². The van der Waals surface area contributed by atoms with Gasteiger partial charge in [-0.1, -0.05) is 73.4 Å². The zero-order chi connectivity index (χ0) is 23.7. The van der Waals surface area contributed by atoms with Crippen molar-refractivity contribution in [2.24, 2.45) is 5.92 Å². The first-order valence-electron chi connectivity index (χ1n) is 10.1. The normalized spacial score (nSPS) is 12.7. The maximum atomic E-state index is 12.8. The highest BCUT2D eigenvalue weighted by atomic mass is 35.5. The van der Waals surface area contributed by atoms with E-state index < -0.39 is 30.1 Å². The van der Waals surface area contributed by atoms with Gasteiger partial charge in [0, 0.05) is 16.5 Å². The molecule has 2 aromatic carbocycles. The van der Waals surface area contributed by atoms with E-state index in [0.29, 0.717) is 22.0 Å². The van der Waals surface area contributed by atoms with Crippen molar-refractivity contribution in [3.05, 3.63) is 69.7 Å². The summed E-state index contributed by atoms with van der Waals surface area (Å²) in [7, 11) is 0. The zero-order valence-electron chi connectivity index (χ0n) is 17.8. The number of carboxylic acids is 1. The highest BCUT2D eigenvalue weighted by Gasteiger charge is 2.28. The smallest absolute Gasteiger partial charge is 0.408 e. The first kappa shape index (κ1) is 25.5. The van der Waals surface area contributed by atoms with E-state index in [4.69, 9.17) is 27.9 Å². The summed E-state index contributed by atoms with van der Waals surface area (Å²) in [5.41, 5.74) is 1.33. The van der Waals surface area contributed by atoms with Crippen LogP contribution >= 0.6 is 23.2 Å². The molecule has 0 saturated heterocycles. The molecule has 0 spiro atoms. The number of ether oxygens (including phenoxy) is 1. The van der Waals surface area contributed by atoms with E-state index in [9.17, 15) is 19.5 Å². The molecule has 172 valence electrons. The van der Waals surface area contributed by atoms with Gasteiger partial charge in [-0.05, 0) is 35.6 Å². The van der Waals surface area contributed by atoms with E-state index >= 15 is 0 Å². The van der Waals surface area contributed by atoms with Crippen molar-refractivity contribution in [1.29, 1.82) is 0 Å². The summed E-state index contributed by atoms with van der Waals surface area (Å²) < 4.78 is 5.19. The quantitative estimate of drug-likeness (QED) is 0.465. The predicted molar refractivity (Wildman–Crippen MR) is 123 cm³/mol. The van der Waals surface area contributed by atoms with Crippen LogP contribution in [0.1, 0.15) is 31.4 Å². The van der Waals surface area contributed by atoms with Crippen LogP contribution in [0.5, 0.6) is 0 Å². The second kappa shape index (κ2) is 12.3. The Morgan fingerprint density at radius 1 is 1.00 bits per heavy atom. The second-order valence-corrected chi connectivity index (χ2v) is 8.57. The molecule has 0 unspecified atom stereocenters. The maximum Gasteiger partial charge on any atom is 0.408 e. The lowest BCUT2D eigenvalue weighted by Crippen LogP contribution is -2.52. The monoisotopic (exact) mass is 480 g/mol. The van der Waals surface area contributed by atoms with E-state index in [1.165, 1.54) is 6.07 Å². The van der Waals surface area contributed by atoms with Crippen molar-refractivity contribution in [2.45, 2.75) is 45.4 Å². The Morgan fingerprint density at radius 2 is 1.69 bits per heavy atom. The Morgan fingerprint density at radius 3 is 2.28 bits per heavy atom. The molecule has 32 heavy (non-hydrogen) atoms. The number of amides is 2. The molecule has 0 aliphatic rings. The number of benzene rings is 2. The summed E-state index contributed by atoms with van der Waals surface area (Å²) in [6.07, 6.45) is -0.494. The molecule has 2 aromatic rings. The number of hydrogen-bond acceptors (Lipinski definition) is 4. The number of alkyl carbamates (subject to hydrolysis) is 1. The lowest BCUT2D eigenvalue weighted by Gasteiger charge is -2.23. The van der Waals surface area contributed by atoms with Gasteiger partial charge in [0.2, 0.25) is 5.91 Å². The van der Waals surface area contributed by atoms with Gasteiger partial charge in [0.15, 0.2) is 0 Å². The molecule has 0 aromatic heterocycles. The van der Waals surface area contributed by atoms with Crippen molar-refractivity contribution in [2.75, 3.05) is 0 Å². The molecule has 0 saturated carbocycles. The molecule has 0 bridgehead atoms. The van der Waals surface area contributed by atoms with Crippen LogP contribution in [-0.4, -0.2) is 35.2 Å². The van der Waals surface area contributed by atoms with Crippen molar-refractivity contribution in [1.82, 2.24) is 10.6 Å². The first-order valence-corrected chi connectivity index (χ1v) is 10.9. The Labute approximate surface area is 197 Å². The topological polar surface area (TPSA) is 105 Å². The number of nitrogens with one attached hydrogen (secondary N) is 2. The van der Waals surface area contributed by atoms with Crippen LogP contribution in [0.15, 0.2) is 48.5 Å². The Hall–Kier alpha value is -2.77. The van der Waals surface area contributed by atoms with Gasteiger partial charge in [-0.3, -0.25) is 4.79 Å². The number of carbonyl (C=O) groups is 3. The van der Waals surface area contributed by atoms with Crippen LogP contribution in [-0.2, 0) is 27.4 Å². The third-order valence-corrected chi connectivity index (χ3v) is 5.17. The lowest BCUT2D eigenvalue weighted by molar-refractivity contribution is -0.142. The van der Waals surface area contributed by atoms with Gasteiger partial charge in [0.05, 0.1) is 0 Å². The van der Waals surface area contributed by atoms with Gasteiger partial charge in [0.1, 0.15) is 18.7 Å². The van der Waals surface area contributed by atoms with Gasteiger partial charge < -0.3 is 20.5 Å². The fraction of sp³-hybridized carbons (Fsp3) is 0.348. The van der Waals surface area contributed by atoms with Gasteiger partial charge in [-0.2, -0.15) is 0 Å². The molecule has 2 atom stereocenters. The minimum atomic E-state index is -1.24. The average molecular weight is 481 g/mol. The third kappa shape index (κ3) is 8.40. The average Bonchev–Trinajstić information content (AvgIpc) is 2.73. The molecule has 3 N–H and O–H groups in total. The zero-order valence-corrected chi connectivity index (χ0v) is 19.3. The molecule has 2 rings (SSSR count). The summed E-state index contributed by atoms with van der Waals surface area (Å²) in [6, 6.07) is 11.6. The molecule has 2 amide bonds. The summed E-state index contributed by atoms with van der Waals surface area (Å²) in [4.78, 5) is 36.8. The van der Waals surface area contributed by atoms with Crippen molar-refractivity contribution in [3.8, 4) is 0 Å². The van der Waals surface area contributed by atoms with Gasteiger partial charge in [0.25, 0.3) is 0 Å². The first-order chi connectivity index (χ1) is 15.2. The lowest BCUT2D eigenvalue weighted by atomic mass is 10.0. The van der Waals surface area contributed by atoms with Crippen molar-refractivity contribution < 1.29 is 24.2 Å². The van der Waals surface area contributed by atoms with Gasteiger partial charge >= 0.3 is 12.1 Å². The number of aliphatic carboxylic acids is 1. The van der Waals surface area contributed by atoms with Crippen molar-refractivity contribution >= 4 is 41.2 Å². The Bertz CT molecular complexity index is 937. The number of carbonyl (C=O) groups excluding carboxylic acids is 2. The van der Waals surface area contributed by atoms with E-state index in [0.717, 1.165) is 5.56 Å². The van der Waals surface area contributed by atoms with Crippen molar-refractivity contribution in [3.63, 3.8) is 0 Å². The molecular weight excluding hydrogens is 455 g/mol. The molecule has 0 aliphatic heterocycles. The SMILES string of the molecule is CC(C)C[C@H](NC(=O)OCc1ccccc1)C(=O)N[C@H](Cc1ccc(Cl)cc1Cl)C(=O)O. The minimum Gasteiger partial charge on any atom is -0.480 e. The Kier molecular flexibility index (Phi) is 9.81. The molecule has 9 heteroatoms. The van der Waals surface area contributed by atoms with Crippen LogP contribution in [0.2, 0.25) is 10.0 Å². The highest BCUT2D eigenvalue weighted by molar-refractivity contribution is 6.35. The van der Waals surface area contributed by atoms with Gasteiger partial charge in [-0.15, -0.1) is 0 Å². The molecule has 0 fully saturated rings.